The van der Waals surface area contributed by atoms with Crippen LogP contribution in [0.4, 0.5) is 0 Å². The summed E-state index contributed by atoms with van der Waals surface area (Å²) in [5.41, 5.74) is 1.05. The molecule has 1 unspecified atom stereocenters. The second-order valence-electron chi connectivity index (χ2n) is 7.44. The van der Waals surface area contributed by atoms with Crippen molar-refractivity contribution in [2.75, 3.05) is 40.3 Å². The summed E-state index contributed by atoms with van der Waals surface area (Å²) in [6.45, 7) is 3.75. The van der Waals surface area contributed by atoms with E-state index in [0.29, 0.717) is 6.54 Å². The minimum Gasteiger partial charge on any atom is -0.483 e. The Balaban J connectivity index is 1.59. The average Bonchev–Trinajstić information content (AvgIpc) is 3.25. The van der Waals surface area contributed by atoms with Gasteiger partial charge in [-0.3, -0.25) is 9.69 Å². The normalized spacial score (nSPS) is 15.9. The molecule has 0 aliphatic carbocycles. The molecule has 6 nitrogen and oxygen atoms in total. The summed E-state index contributed by atoms with van der Waals surface area (Å²) in [6, 6.07) is 12.1. The summed E-state index contributed by atoms with van der Waals surface area (Å²) < 4.78 is 11.5. The number of likely N-dealkylation sites (tertiary alicyclic amines) is 1. The molecule has 6 heteroatoms. The largest absolute Gasteiger partial charge is 0.483 e. The Hall–Kier alpha value is -2.31. The van der Waals surface area contributed by atoms with Crippen LogP contribution in [0.15, 0.2) is 47.1 Å². The lowest BCUT2D eigenvalue weighted by Crippen LogP contribution is -2.38. The number of carbonyl (C=O) groups is 1. The molecule has 0 spiro atoms. The van der Waals surface area contributed by atoms with Gasteiger partial charge in [0, 0.05) is 32.7 Å². The van der Waals surface area contributed by atoms with Gasteiger partial charge in [0.15, 0.2) is 6.61 Å². The second kappa shape index (κ2) is 10.3. The first-order chi connectivity index (χ1) is 13.6. The quantitative estimate of drug-likeness (QED) is 0.719. The first kappa shape index (κ1) is 20.4. The van der Waals surface area contributed by atoms with Gasteiger partial charge in [0.25, 0.3) is 5.91 Å². The zero-order chi connectivity index (χ0) is 19.8. The van der Waals surface area contributed by atoms with Gasteiger partial charge in [-0.05, 0) is 44.1 Å². The molecule has 1 aromatic heterocycles. The van der Waals surface area contributed by atoms with Crippen LogP contribution in [-0.2, 0) is 11.3 Å². The molecule has 28 heavy (non-hydrogen) atoms. The van der Waals surface area contributed by atoms with Crippen LogP contribution in [0.5, 0.6) is 5.75 Å². The second-order valence-corrected chi connectivity index (χ2v) is 7.44. The van der Waals surface area contributed by atoms with Crippen LogP contribution in [0.3, 0.4) is 0 Å². The van der Waals surface area contributed by atoms with Crippen molar-refractivity contribution >= 4 is 5.91 Å². The smallest absolute Gasteiger partial charge is 0.259 e. The van der Waals surface area contributed by atoms with E-state index in [1.807, 2.05) is 30.3 Å². The molecule has 152 valence electrons. The number of hydrogen-bond donors (Lipinski definition) is 1. The highest BCUT2D eigenvalue weighted by Gasteiger charge is 2.24. The van der Waals surface area contributed by atoms with Gasteiger partial charge < -0.3 is 19.4 Å². The number of ether oxygens (including phenoxy) is 1. The van der Waals surface area contributed by atoms with Gasteiger partial charge >= 0.3 is 0 Å². The van der Waals surface area contributed by atoms with Crippen molar-refractivity contribution in [2.45, 2.75) is 31.8 Å². The lowest BCUT2D eigenvalue weighted by Gasteiger charge is -2.33. The van der Waals surface area contributed by atoms with Crippen LogP contribution in [0.1, 0.15) is 36.6 Å². The van der Waals surface area contributed by atoms with Gasteiger partial charge in [-0.25, -0.2) is 0 Å². The molecule has 3 rings (SSSR count). The molecule has 2 aromatic rings. The number of nitrogens with zero attached hydrogens (tertiary/aromatic N) is 2. The molecule has 1 saturated heterocycles. The first-order valence-corrected chi connectivity index (χ1v) is 10.0. The fourth-order valence-corrected chi connectivity index (χ4v) is 3.52. The molecule has 1 aliphatic rings. The summed E-state index contributed by atoms with van der Waals surface area (Å²) in [5.74, 6) is 1.71. The van der Waals surface area contributed by atoms with Gasteiger partial charge in [0.2, 0.25) is 0 Å². The van der Waals surface area contributed by atoms with E-state index in [-0.39, 0.29) is 18.6 Å². The highest BCUT2D eigenvalue weighted by Crippen LogP contribution is 2.25. The molecule has 0 bridgehead atoms. The fraction of sp³-hybridized carbons (Fsp3) is 0.500. The highest BCUT2D eigenvalue weighted by atomic mass is 16.5. The van der Waals surface area contributed by atoms with Crippen LogP contribution in [0.2, 0.25) is 0 Å². The predicted molar refractivity (Wildman–Crippen MR) is 109 cm³/mol. The molecule has 2 heterocycles. The number of benzene rings is 1. The first-order valence-electron chi connectivity index (χ1n) is 10.0. The zero-order valence-electron chi connectivity index (χ0n) is 16.9. The van der Waals surface area contributed by atoms with Crippen molar-refractivity contribution in [1.82, 2.24) is 15.1 Å². The third-order valence-corrected chi connectivity index (χ3v) is 5.18. The zero-order valence-corrected chi connectivity index (χ0v) is 16.9. The van der Waals surface area contributed by atoms with E-state index in [2.05, 4.69) is 16.3 Å². The Morgan fingerprint density at radius 1 is 1.18 bits per heavy atom. The number of rotatable bonds is 9. The molecule has 0 radical (unpaired) electrons. The van der Waals surface area contributed by atoms with Crippen LogP contribution < -0.4 is 10.1 Å². The Morgan fingerprint density at radius 2 is 1.96 bits per heavy atom. The van der Waals surface area contributed by atoms with E-state index < -0.39 is 0 Å². The van der Waals surface area contributed by atoms with Crippen molar-refractivity contribution in [1.29, 1.82) is 0 Å². The van der Waals surface area contributed by atoms with Crippen LogP contribution in [-0.4, -0.2) is 56.0 Å². The average molecular weight is 386 g/mol. The summed E-state index contributed by atoms with van der Waals surface area (Å²) in [6.07, 6.45) is 5.55. The lowest BCUT2D eigenvalue weighted by atomic mass is 10.1. The van der Waals surface area contributed by atoms with Crippen molar-refractivity contribution in [3.63, 3.8) is 0 Å². The maximum atomic E-state index is 11.8. The van der Waals surface area contributed by atoms with Gasteiger partial charge in [-0.2, -0.15) is 0 Å². The van der Waals surface area contributed by atoms with Crippen LogP contribution >= 0.6 is 0 Å². The maximum absolute atomic E-state index is 11.8. The van der Waals surface area contributed by atoms with Crippen molar-refractivity contribution in [2.24, 2.45) is 0 Å². The topological polar surface area (TPSA) is 58.0 Å². The number of amides is 1. The van der Waals surface area contributed by atoms with E-state index in [4.69, 9.17) is 9.15 Å². The summed E-state index contributed by atoms with van der Waals surface area (Å²) in [5, 5.41) is 3.56. The van der Waals surface area contributed by atoms with E-state index in [9.17, 15) is 4.79 Å². The van der Waals surface area contributed by atoms with Gasteiger partial charge in [-0.15, -0.1) is 0 Å². The summed E-state index contributed by atoms with van der Waals surface area (Å²) in [4.78, 5) is 15.8. The maximum Gasteiger partial charge on any atom is 0.259 e. The molecule has 0 saturated carbocycles. The van der Waals surface area contributed by atoms with Crippen molar-refractivity contribution in [3.8, 4) is 5.75 Å². The SMILES string of the molecule is CN(C)C(=O)COc1ccccc1CNCC(c1ccco1)N1CCCCC1. The number of furan rings is 1. The monoisotopic (exact) mass is 385 g/mol. The Kier molecular flexibility index (Phi) is 7.51. The molecule has 1 amide bonds. The number of likely N-dealkylation sites (N-methyl/N-ethyl adjacent to an activating group) is 1. The standard InChI is InChI=1S/C22H31N3O3/c1-24(2)22(26)17-28-20-10-5-4-9-18(20)15-23-16-19(21-11-8-14-27-21)25-12-6-3-7-13-25/h4-5,8-11,14,19,23H,3,6-7,12-13,15-17H2,1-2H3. The predicted octanol–water partition coefficient (Wildman–Crippen LogP) is 3.06. The minimum absolute atomic E-state index is 0.0484. The molecule has 1 aliphatic heterocycles. The Bertz CT molecular complexity index is 724. The molecule has 1 atom stereocenters. The number of hydrogen-bond acceptors (Lipinski definition) is 5. The van der Waals surface area contributed by atoms with Gasteiger partial charge in [0.1, 0.15) is 11.5 Å². The highest BCUT2D eigenvalue weighted by molar-refractivity contribution is 5.77. The minimum atomic E-state index is -0.0502. The number of nitrogens with one attached hydrogen (secondary N) is 1. The molecule has 1 N–H and O–H groups in total. The number of carbonyl (C=O) groups excluding carboxylic acids is 1. The molecule has 1 aromatic carbocycles. The number of para-hydroxylation sites is 1. The van der Waals surface area contributed by atoms with Gasteiger partial charge in [0.05, 0.1) is 12.3 Å². The van der Waals surface area contributed by atoms with E-state index in [1.54, 1.807) is 20.4 Å². The number of piperidine rings is 1. The van der Waals surface area contributed by atoms with E-state index >= 15 is 0 Å². The molecular formula is C22H31N3O3. The summed E-state index contributed by atoms with van der Waals surface area (Å²) in [7, 11) is 3.46. The van der Waals surface area contributed by atoms with Crippen LogP contribution in [0, 0.1) is 0 Å². The Labute approximate surface area is 167 Å². The van der Waals surface area contributed by atoms with Crippen LogP contribution in [0.25, 0.3) is 0 Å². The molecular weight excluding hydrogens is 354 g/mol. The fourth-order valence-electron chi connectivity index (χ4n) is 3.52. The lowest BCUT2D eigenvalue weighted by molar-refractivity contribution is -0.130. The van der Waals surface area contributed by atoms with E-state index in [0.717, 1.165) is 36.7 Å². The Morgan fingerprint density at radius 3 is 2.68 bits per heavy atom. The van der Waals surface area contributed by atoms with Crippen molar-refractivity contribution < 1.29 is 13.9 Å². The third kappa shape index (κ3) is 5.59. The third-order valence-electron chi connectivity index (χ3n) is 5.18. The van der Waals surface area contributed by atoms with Gasteiger partial charge in [-0.1, -0.05) is 24.6 Å². The van der Waals surface area contributed by atoms with Crippen molar-refractivity contribution in [3.05, 3.63) is 54.0 Å². The summed E-state index contributed by atoms with van der Waals surface area (Å²) >= 11 is 0. The van der Waals surface area contributed by atoms with E-state index in [1.165, 1.54) is 24.2 Å². The molecule has 1 fully saturated rings.